The SMILES string of the molecule is C=CCN1C[C@H](C(=O)N(CCCNCC(=O)CN)C(=O)NCC)C[C@@H]2c3cccc4[nH]cc(c34)C[C@H]21. The van der Waals surface area contributed by atoms with E-state index in [0.29, 0.717) is 45.1 Å². The molecule has 0 radical (unpaired) electrons. The lowest BCUT2D eigenvalue weighted by Crippen LogP contribution is -2.55. The Kier molecular flexibility index (Phi) is 8.56. The summed E-state index contributed by atoms with van der Waals surface area (Å²) in [6.07, 6.45) is 6.21. The molecule has 2 aliphatic rings. The highest BCUT2D eigenvalue weighted by Crippen LogP contribution is 2.45. The number of hydrogen-bond donors (Lipinski definition) is 4. The first kappa shape index (κ1) is 26.1. The lowest BCUT2D eigenvalue weighted by molar-refractivity contribution is -0.135. The van der Waals surface area contributed by atoms with Gasteiger partial charge in [0.15, 0.2) is 5.78 Å². The maximum atomic E-state index is 13.8. The summed E-state index contributed by atoms with van der Waals surface area (Å²) in [6, 6.07) is 6.29. The van der Waals surface area contributed by atoms with Crippen LogP contribution in [0.15, 0.2) is 37.1 Å². The second-order valence-electron chi connectivity index (χ2n) is 9.74. The molecule has 0 saturated carbocycles. The number of nitrogens with one attached hydrogen (secondary N) is 3. The number of amides is 3. The summed E-state index contributed by atoms with van der Waals surface area (Å²) < 4.78 is 0. The summed E-state index contributed by atoms with van der Waals surface area (Å²) in [7, 11) is 0. The van der Waals surface area contributed by atoms with E-state index in [1.807, 2.05) is 13.0 Å². The predicted molar refractivity (Wildman–Crippen MR) is 141 cm³/mol. The molecule has 2 heterocycles. The van der Waals surface area contributed by atoms with Gasteiger partial charge in [-0.15, -0.1) is 6.58 Å². The fourth-order valence-corrected chi connectivity index (χ4v) is 5.79. The molecule has 3 amide bonds. The fourth-order valence-electron chi connectivity index (χ4n) is 5.79. The quantitative estimate of drug-likeness (QED) is 0.279. The number of likely N-dealkylation sites (tertiary alicyclic amines) is 1. The maximum Gasteiger partial charge on any atom is 0.324 e. The molecular weight excluding hydrogens is 456 g/mol. The van der Waals surface area contributed by atoms with Gasteiger partial charge in [0.2, 0.25) is 5.91 Å². The molecule has 0 bridgehead atoms. The Balaban J connectivity index is 1.52. The molecule has 0 spiro atoms. The van der Waals surface area contributed by atoms with E-state index in [4.69, 9.17) is 5.73 Å². The number of urea groups is 1. The molecule has 1 aromatic heterocycles. The molecule has 2 aromatic rings. The number of imide groups is 1. The third kappa shape index (κ3) is 5.38. The summed E-state index contributed by atoms with van der Waals surface area (Å²) in [4.78, 5) is 45.2. The van der Waals surface area contributed by atoms with Crippen molar-refractivity contribution in [1.29, 1.82) is 0 Å². The molecule has 194 valence electrons. The number of nitrogens with two attached hydrogens (primary N) is 1. The van der Waals surface area contributed by atoms with Crippen molar-refractivity contribution < 1.29 is 14.4 Å². The second kappa shape index (κ2) is 11.8. The zero-order valence-corrected chi connectivity index (χ0v) is 21.1. The molecule has 9 heteroatoms. The van der Waals surface area contributed by atoms with Crippen molar-refractivity contribution in [3.8, 4) is 0 Å². The van der Waals surface area contributed by atoms with Crippen molar-refractivity contribution >= 4 is 28.6 Å². The smallest absolute Gasteiger partial charge is 0.324 e. The molecule has 0 unspecified atom stereocenters. The first-order chi connectivity index (χ1) is 17.5. The first-order valence-corrected chi connectivity index (χ1v) is 12.9. The van der Waals surface area contributed by atoms with Crippen LogP contribution in [0.5, 0.6) is 0 Å². The van der Waals surface area contributed by atoms with Crippen molar-refractivity contribution in [3.05, 3.63) is 48.2 Å². The van der Waals surface area contributed by atoms with E-state index in [0.717, 1.165) is 11.9 Å². The third-order valence-electron chi connectivity index (χ3n) is 7.41. The zero-order chi connectivity index (χ0) is 25.7. The molecule has 1 aromatic carbocycles. The summed E-state index contributed by atoms with van der Waals surface area (Å²) in [5.41, 5.74) is 9.09. The standard InChI is InChI=1S/C27H38N6O3/c1-3-10-32-17-19(12-22-21-7-5-8-23-25(21)18(15-31-23)13-24(22)32)26(35)33(27(36)30-4-2)11-6-9-29-16-20(34)14-28/h3,5,7-8,15,19,22,24,29,31H,1,4,6,9-14,16-17,28H2,2H3,(H,30,36)/t19-,22-,24-/m1/s1. The lowest BCUT2D eigenvalue weighted by atomic mass is 9.72. The maximum absolute atomic E-state index is 13.8. The van der Waals surface area contributed by atoms with Gasteiger partial charge in [0, 0.05) is 55.2 Å². The number of aromatic nitrogens is 1. The Bertz CT molecular complexity index is 1110. The van der Waals surface area contributed by atoms with Gasteiger partial charge in [-0.25, -0.2) is 4.79 Å². The summed E-state index contributed by atoms with van der Waals surface area (Å²) in [5.74, 6) is -0.298. The van der Waals surface area contributed by atoms with Gasteiger partial charge in [0.1, 0.15) is 0 Å². The van der Waals surface area contributed by atoms with Crippen LogP contribution in [0, 0.1) is 5.92 Å². The number of ketones is 1. The topological polar surface area (TPSA) is 124 Å². The van der Waals surface area contributed by atoms with Crippen molar-refractivity contribution in [2.45, 2.75) is 38.1 Å². The first-order valence-electron chi connectivity index (χ1n) is 12.9. The highest BCUT2D eigenvalue weighted by molar-refractivity contribution is 5.96. The number of nitrogens with zero attached hydrogens (tertiary/aromatic N) is 2. The second-order valence-corrected chi connectivity index (χ2v) is 9.74. The summed E-state index contributed by atoms with van der Waals surface area (Å²) in [5, 5.41) is 7.11. The normalized spacial score (nSPS) is 21.1. The van der Waals surface area contributed by atoms with Crippen LogP contribution in [0.1, 0.15) is 36.8 Å². The molecule has 9 nitrogen and oxygen atoms in total. The van der Waals surface area contributed by atoms with Crippen molar-refractivity contribution in [2.24, 2.45) is 11.7 Å². The van der Waals surface area contributed by atoms with Gasteiger partial charge in [-0.2, -0.15) is 0 Å². The predicted octanol–water partition coefficient (Wildman–Crippen LogP) is 1.75. The minimum atomic E-state index is -0.364. The number of carbonyl (C=O) groups is 3. The van der Waals surface area contributed by atoms with Crippen LogP contribution in [-0.2, 0) is 16.0 Å². The van der Waals surface area contributed by atoms with Crippen LogP contribution in [0.25, 0.3) is 10.9 Å². The van der Waals surface area contributed by atoms with E-state index in [9.17, 15) is 14.4 Å². The molecule has 1 fully saturated rings. The van der Waals surface area contributed by atoms with Gasteiger partial charge >= 0.3 is 6.03 Å². The summed E-state index contributed by atoms with van der Waals surface area (Å²) >= 11 is 0. The molecule has 4 rings (SSSR count). The van der Waals surface area contributed by atoms with E-state index >= 15 is 0 Å². The minimum absolute atomic E-state index is 0.000461. The Morgan fingerprint density at radius 3 is 2.92 bits per heavy atom. The van der Waals surface area contributed by atoms with Crippen molar-refractivity contribution in [1.82, 2.24) is 25.4 Å². The van der Waals surface area contributed by atoms with Gasteiger partial charge in [0.25, 0.3) is 0 Å². The average molecular weight is 495 g/mol. The lowest BCUT2D eigenvalue weighted by Gasteiger charge is -2.47. The van der Waals surface area contributed by atoms with Crippen LogP contribution >= 0.6 is 0 Å². The van der Waals surface area contributed by atoms with Crippen LogP contribution in [0.2, 0.25) is 0 Å². The summed E-state index contributed by atoms with van der Waals surface area (Å²) in [6.45, 7) is 8.54. The molecule has 36 heavy (non-hydrogen) atoms. The Morgan fingerprint density at radius 1 is 1.33 bits per heavy atom. The largest absolute Gasteiger partial charge is 0.361 e. The molecule has 1 aliphatic carbocycles. The van der Waals surface area contributed by atoms with Gasteiger partial charge in [-0.05, 0) is 49.9 Å². The van der Waals surface area contributed by atoms with E-state index in [1.165, 1.54) is 21.4 Å². The number of Topliss-reactive ketones (excluding diaryl/α,β-unsaturated/α-hetero) is 1. The van der Waals surface area contributed by atoms with Gasteiger partial charge in [0.05, 0.1) is 19.0 Å². The zero-order valence-electron chi connectivity index (χ0n) is 21.1. The van der Waals surface area contributed by atoms with Crippen LogP contribution in [-0.4, -0.2) is 84.4 Å². The van der Waals surface area contributed by atoms with Crippen LogP contribution in [0.3, 0.4) is 0 Å². The van der Waals surface area contributed by atoms with E-state index in [2.05, 4.69) is 51.5 Å². The number of benzene rings is 1. The molecular formula is C27H38N6O3. The van der Waals surface area contributed by atoms with Gasteiger partial charge in [-0.1, -0.05) is 18.2 Å². The van der Waals surface area contributed by atoms with Crippen LogP contribution < -0.4 is 16.4 Å². The number of piperidine rings is 1. The van der Waals surface area contributed by atoms with Crippen molar-refractivity contribution in [3.63, 3.8) is 0 Å². The van der Waals surface area contributed by atoms with Crippen LogP contribution in [0.4, 0.5) is 4.79 Å². The molecule has 1 aliphatic heterocycles. The number of fused-ring (bicyclic) bond motifs is 2. The third-order valence-corrected chi connectivity index (χ3v) is 7.41. The monoisotopic (exact) mass is 494 g/mol. The highest BCUT2D eigenvalue weighted by Gasteiger charge is 2.43. The number of aromatic amines is 1. The Morgan fingerprint density at radius 2 is 2.17 bits per heavy atom. The fraction of sp³-hybridized carbons (Fsp3) is 0.519. The number of rotatable bonds is 11. The Hall–Kier alpha value is -3.01. The minimum Gasteiger partial charge on any atom is -0.361 e. The Labute approximate surface area is 212 Å². The number of H-pyrrole nitrogens is 1. The van der Waals surface area contributed by atoms with E-state index in [-0.39, 0.29) is 49.2 Å². The molecule has 3 atom stereocenters. The number of carbonyl (C=O) groups excluding carboxylic acids is 3. The van der Waals surface area contributed by atoms with E-state index < -0.39 is 0 Å². The van der Waals surface area contributed by atoms with Gasteiger partial charge < -0.3 is 21.4 Å². The molecule has 1 saturated heterocycles. The van der Waals surface area contributed by atoms with Crippen molar-refractivity contribution in [2.75, 3.05) is 45.8 Å². The average Bonchev–Trinajstić information content (AvgIpc) is 3.30. The molecule has 5 N–H and O–H groups in total. The highest BCUT2D eigenvalue weighted by atomic mass is 16.2. The van der Waals surface area contributed by atoms with Gasteiger partial charge in [-0.3, -0.25) is 19.4 Å². The van der Waals surface area contributed by atoms with E-state index in [1.54, 1.807) is 0 Å². The number of hydrogen-bond acceptors (Lipinski definition) is 6.